The molecule has 28 heavy (non-hydrogen) atoms. The lowest BCUT2D eigenvalue weighted by Crippen LogP contribution is -2.28. The van der Waals surface area contributed by atoms with E-state index in [4.69, 9.17) is 21.1 Å². The molecule has 0 radical (unpaired) electrons. The van der Waals surface area contributed by atoms with Crippen molar-refractivity contribution in [1.29, 1.82) is 0 Å². The minimum absolute atomic E-state index is 0.0281. The Morgan fingerprint density at radius 2 is 1.75 bits per heavy atom. The number of benzene rings is 2. The molecule has 0 saturated carbocycles. The zero-order chi connectivity index (χ0) is 20.0. The number of hydrogen-bond donors (Lipinski definition) is 1. The van der Waals surface area contributed by atoms with Crippen LogP contribution in [-0.4, -0.2) is 38.9 Å². The summed E-state index contributed by atoms with van der Waals surface area (Å²) in [4.78, 5) is 0.0281. The summed E-state index contributed by atoms with van der Waals surface area (Å²) in [7, 11) is -2.10. The van der Waals surface area contributed by atoms with E-state index in [1.165, 1.54) is 12.1 Å². The van der Waals surface area contributed by atoms with Gasteiger partial charge in [-0.2, -0.15) is 0 Å². The average molecular weight is 420 g/mol. The number of nitrogens with zero attached hydrogens (tertiary/aromatic N) is 2. The Kier molecular flexibility index (Phi) is 6.45. The molecule has 0 saturated heterocycles. The normalized spacial score (nSPS) is 11.2. The van der Waals surface area contributed by atoms with Gasteiger partial charge in [0, 0.05) is 18.2 Å². The van der Waals surface area contributed by atoms with Crippen LogP contribution in [0.5, 0.6) is 11.6 Å². The Labute approximate surface area is 168 Å². The zero-order valence-corrected chi connectivity index (χ0v) is 16.6. The first-order valence-electron chi connectivity index (χ1n) is 8.35. The van der Waals surface area contributed by atoms with Crippen molar-refractivity contribution in [3.63, 3.8) is 0 Å². The van der Waals surface area contributed by atoms with Gasteiger partial charge < -0.3 is 9.47 Å². The van der Waals surface area contributed by atoms with Crippen LogP contribution >= 0.6 is 11.6 Å². The van der Waals surface area contributed by atoms with Gasteiger partial charge in [0.25, 0.3) is 0 Å². The third-order valence-corrected chi connectivity index (χ3v) is 5.76. The molecule has 0 aliphatic carbocycles. The van der Waals surface area contributed by atoms with Gasteiger partial charge in [-0.1, -0.05) is 23.7 Å². The van der Waals surface area contributed by atoms with Gasteiger partial charge in [0.2, 0.25) is 15.9 Å². The predicted molar refractivity (Wildman–Crippen MR) is 106 cm³/mol. The first-order chi connectivity index (χ1) is 13.5. The number of ether oxygens (including phenoxy) is 2. The molecule has 0 unspecified atom stereocenters. The van der Waals surface area contributed by atoms with Crippen molar-refractivity contribution >= 4 is 21.6 Å². The monoisotopic (exact) mass is 419 g/mol. The maximum absolute atomic E-state index is 12.2. The third kappa shape index (κ3) is 4.98. The van der Waals surface area contributed by atoms with E-state index in [9.17, 15) is 8.42 Å². The molecule has 1 heterocycles. The van der Waals surface area contributed by atoms with Crippen LogP contribution in [0.15, 0.2) is 65.6 Å². The minimum atomic E-state index is -3.70. The molecule has 2 aromatic carbocycles. The number of nitrogens with one attached hydrogen (secondary N) is 1. The highest BCUT2D eigenvalue weighted by molar-refractivity contribution is 7.89. The largest absolute Gasteiger partial charge is 0.497 e. The summed E-state index contributed by atoms with van der Waals surface area (Å²) < 4.78 is 37.5. The van der Waals surface area contributed by atoms with E-state index in [0.717, 1.165) is 11.3 Å². The summed E-state index contributed by atoms with van der Waals surface area (Å²) in [5.74, 6) is 1.06. The fourth-order valence-corrected chi connectivity index (χ4v) is 3.92. The van der Waals surface area contributed by atoms with Crippen molar-refractivity contribution in [2.75, 3.05) is 20.3 Å². The van der Waals surface area contributed by atoms with E-state index < -0.39 is 10.0 Å². The van der Waals surface area contributed by atoms with E-state index in [2.05, 4.69) is 14.9 Å². The highest BCUT2D eigenvalue weighted by atomic mass is 35.5. The quantitative estimate of drug-likeness (QED) is 0.564. The van der Waals surface area contributed by atoms with Crippen molar-refractivity contribution in [2.45, 2.75) is 4.90 Å². The highest BCUT2D eigenvalue weighted by Crippen LogP contribution is 2.21. The van der Waals surface area contributed by atoms with Gasteiger partial charge in [-0.15, -0.1) is 10.2 Å². The molecule has 0 aliphatic heterocycles. The molecule has 1 aromatic heterocycles. The third-order valence-electron chi connectivity index (χ3n) is 3.80. The summed E-state index contributed by atoms with van der Waals surface area (Å²) >= 11 is 5.92. The average Bonchev–Trinajstić information content (AvgIpc) is 2.72. The van der Waals surface area contributed by atoms with Crippen molar-refractivity contribution in [3.8, 4) is 22.9 Å². The van der Waals surface area contributed by atoms with Crippen molar-refractivity contribution in [2.24, 2.45) is 0 Å². The summed E-state index contributed by atoms with van der Waals surface area (Å²) in [5, 5.41) is 8.28. The lowest BCUT2D eigenvalue weighted by atomic mass is 10.1. The van der Waals surface area contributed by atoms with Gasteiger partial charge in [-0.05, 0) is 42.5 Å². The molecule has 3 rings (SSSR count). The van der Waals surface area contributed by atoms with Crippen LogP contribution in [0, 0.1) is 0 Å². The van der Waals surface area contributed by atoms with E-state index in [-0.39, 0.29) is 23.1 Å². The molecule has 0 bridgehead atoms. The molecular formula is C19H18ClN3O4S. The standard InChI is InChI=1S/C19H18ClN3O4S/c1-26-15-8-6-14(7-9-15)17-10-11-19(23-22-17)27-13-12-21-28(24,25)18-5-3-2-4-16(18)20/h2-11,21H,12-13H2,1H3. The molecular weight excluding hydrogens is 402 g/mol. The molecule has 0 spiro atoms. The Balaban J connectivity index is 1.53. The van der Waals surface area contributed by atoms with Gasteiger partial charge in [0.05, 0.1) is 17.8 Å². The molecule has 0 atom stereocenters. The minimum Gasteiger partial charge on any atom is -0.497 e. The van der Waals surface area contributed by atoms with Crippen LogP contribution in [0.2, 0.25) is 5.02 Å². The van der Waals surface area contributed by atoms with E-state index in [0.29, 0.717) is 11.6 Å². The topological polar surface area (TPSA) is 90.4 Å². The van der Waals surface area contributed by atoms with E-state index >= 15 is 0 Å². The molecule has 3 aromatic rings. The molecule has 0 fully saturated rings. The maximum Gasteiger partial charge on any atom is 0.242 e. The Hall–Kier alpha value is -2.68. The second-order valence-electron chi connectivity index (χ2n) is 5.66. The highest BCUT2D eigenvalue weighted by Gasteiger charge is 2.16. The van der Waals surface area contributed by atoms with E-state index in [1.54, 1.807) is 31.4 Å². The summed E-state index contributed by atoms with van der Waals surface area (Å²) in [5.41, 5.74) is 1.58. The van der Waals surface area contributed by atoms with Crippen LogP contribution < -0.4 is 14.2 Å². The lowest BCUT2D eigenvalue weighted by Gasteiger charge is -2.09. The number of aromatic nitrogens is 2. The molecule has 0 amide bonds. The fourth-order valence-electron chi connectivity index (χ4n) is 2.38. The van der Waals surface area contributed by atoms with Crippen LogP contribution in [-0.2, 0) is 10.0 Å². The number of halogens is 1. The molecule has 146 valence electrons. The van der Waals surface area contributed by atoms with Gasteiger partial charge in [-0.25, -0.2) is 13.1 Å². The Morgan fingerprint density at radius 1 is 1.00 bits per heavy atom. The second kappa shape index (κ2) is 9.01. The fraction of sp³-hybridized carbons (Fsp3) is 0.158. The number of rotatable bonds is 8. The summed E-state index contributed by atoms with van der Waals surface area (Å²) in [6.07, 6.45) is 0. The summed E-state index contributed by atoms with van der Waals surface area (Å²) in [6.45, 7) is 0.162. The van der Waals surface area contributed by atoms with Crippen molar-refractivity contribution in [1.82, 2.24) is 14.9 Å². The molecule has 7 nitrogen and oxygen atoms in total. The van der Waals surface area contributed by atoms with Crippen LogP contribution in [0.25, 0.3) is 11.3 Å². The number of sulfonamides is 1. The first kappa shape index (κ1) is 20.1. The van der Waals surface area contributed by atoms with Crippen molar-refractivity contribution in [3.05, 3.63) is 65.7 Å². The number of methoxy groups -OCH3 is 1. The summed E-state index contributed by atoms with van der Waals surface area (Å²) in [6, 6.07) is 17.1. The van der Waals surface area contributed by atoms with Crippen LogP contribution in [0.4, 0.5) is 0 Å². The SMILES string of the molecule is COc1ccc(-c2ccc(OCCNS(=O)(=O)c3ccccc3Cl)nn2)cc1. The van der Waals surface area contributed by atoms with Gasteiger partial charge in [0.15, 0.2) is 0 Å². The first-order valence-corrected chi connectivity index (χ1v) is 10.2. The van der Waals surface area contributed by atoms with Crippen molar-refractivity contribution < 1.29 is 17.9 Å². The van der Waals surface area contributed by atoms with E-state index in [1.807, 2.05) is 24.3 Å². The van der Waals surface area contributed by atoms with Gasteiger partial charge in [0.1, 0.15) is 17.3 Å². The Morgan fingerprint density at radius 3 is 2.39 bits per heavy atom. The molecule has 1 N–H and O–H groups in total. The molecule has 9 heteroatoms. The number of hydrogen-bond acceptors (Lipinski definition) is 6. The lowest BCUT2D eigenvalue weighted by molar-refractivity contribution is 0.307. The maximum atomic E-state index is 12.2. The smallest absolute Gasteiger partial charge is 0.242 e. The van der Waals surface area contributed by atoms with Crippen LogP contribution in [0.3, 0.4) is 0 Å². The molecule has 0 aliphatic rings. The van der Waals surface area contributed by atoms with Gasteiger partial charge in [-0.3, -0.25) is 0 Å². The van der Waals surface area contributed by atoms with Gasteiger partial charge >= 0.3 is 0 Å². The predicted octanol–water partition coefficient (Wildman–Crippen LogP) is 3.16. The van der Waals surface area contributed by atoms with Crippen LogP contribution in [0.1, 0.15) is 0 Å². The second-order valence-corrected chi connectivity index (χ2v) is 7.80. The Bertz CT molecular complexity index is 1030. The zero-order valence-electron chi connectivity index (χ0n) is 15.0.